The molecule has 1 aliphatic heterocycles. The lowest BCUT2D eigenvalue weighted by atomic mass is 9.69. The number of amides is 1. The maximum atomic E-state index is 13.1. The molecule has 2 fully saturated rings. The monoisotopic (exact) mass is 467 g/mol. The first-order valence-electron chi connectivity index (χ1n) is 13.4. The molecule has 0 bridgehead atoms. The first-order chi connectivity index (χ1) is 14.7. The Bertz CT molecular complexity index is 607. The van der Waals surface area contributed by atoms with Crippen LogP contribution in [0.15, 0.2) is 0 Å². The molecule has 1 amide bonds. The Kier molecular flexibility index (Phi) is 9.34. The van der Waals surface area contributed by atoms with Gasteiger partial charge in [-0.1, -0.05) is 53.4 Å². The molecule has 1 heterocycles. The van der Waals surface area contributed by atoms with Gasteiger partial charge in [0, 0.05) is 18.2 Å². The topological polar surface area (TPSA) is 38.8 Å². The normalized spacial score (nSPS) is 25.9. The van der Waals surface area contributed by atoms with E-state index in [1.54, 1.807) is 0 Å². The molecule has 1 saturated carbocycles. The Labute approximate surface area is 200 Å². The van der Waals surface area contributed by atoms with Crippen molar-refractivity contribution in [3.63, 3.8) is 0 Å². The molecule has 0 aromatic carbocycles. The van der Waals surface area contributed by atoms with Gasteiger partial charge in [-0.05, 0) is 89.8 Å². The molecule has 188 valence electrons. The van der Waals surface area contributed by atoms with Crippen LogP contribution in [0, 0.1) is 5.92 Å². The minimum absolute atomic E-state index is 0.00681. The Morgan fingerprint density at radius 2 is 1.72 bits per heavy atom. The molecule has 2 unspecified atom stereocenters. The second kappa shape index (κ2) is 10.8. The minimum atomic E-state index is -1.79. The first kappa shape index (κ1) is 27.7. The predicted molar refractivity (Wildman–Crippen MR) is 138 cm³/mol. The van der Waals surface area contributed by atoms with Crippen molar-refractivity contribution in [2.45, 2.75) is 154 Å². The van der Waals surface area contributed by atoms with Crippen LogP contribution >= 0.6 is 0 Å². The highest BCUT2D eigenvalue weighted by Crippen LogP contribution is 2.48. The third-order valence-corrected chi connectivity index (χ3v) is 12.8. The van der Waals surface area contributed by atoms with Crippen LogP contribution in [-0.4, -0.2) is 43.1 Å². The molecule has 0 radical (unpaired) electrons. The zero-order valence-corrected chi connectivity index (χ0v) is 23.8. The fraction of sp³-hybridized carbons (Fsp3) is 0.963. The van der Waals surface area contributed by atoms with Gasteiger partial charge in [-0.15, -0.1) is 0 Å². The number of rotatable bonds is 8. The quantitative estimate of drug-likeness (QED) is 0.337. The minimum Gasteiger partial charge on any atom is -0.444 e. The number of carbonyl (C=O) groups is 1. The fourth-order valence-corrected chi connectivity index (χ4v) is 6.98. The standard InChI is InChI=1S/C27H53NO3Si/c1-10-11-16-23(31-32(8,9)26(5,6)7)18-17-22-15-12-13-19-27(22)20-14-21-28(27)24(29)30-25(2,3)4/h22-23H,10-21H2,1-9H3/t22?,23-,27?/m1/s1. The van der Waals surface area contributed by atoms with Gasteiger partial charge >= 0.3 is 6.09 Å². The lowest BCUT2D eigenvalue weighted by molar-refractivity contribution is -0.0196. The second-order valence-electron chi connectivity index (χ2n) is 13.0. The van der Waals surface area contributed by atoms with E-state index < -0.39 is 13.9 Å². The third kappa shape index (κ3) is 6.98. The Morgan fingerprint density at radius 1 is 1.06 bits per heavy atom. The molecule has 0 aromatic rings. The van der Waals surface area contributed by atoms with Gasteiger partial charge in [0.1, 0.15) is 5.60 Å². The van der Waals surface area contributed by atoms with Crippen molar-refractivity contribution in [1.82, 2.24) is 4.90 Å². The number of nitrogens with zero attached hydrogens (tertiary/aromatic N) is 1. The van der Waals surface area contributed by atoms with Gasteiger partial charge < -0.3 is 14.1 Å². The summed E-state index contributed by atoms with van der Waals surface area (Å²) >= 11 is 0. The van der Waals surface area contributed by atoms with Crippen molar-refractivity contribution in [2.75, 3.05) is 6.54 Å². The van der Waals surface area contributed by atoms with Crippen molar-refractivity contribution < 1.29 is 14.0 Å². The van der Waals surface area contributed by atoms with Crippen molar-refractivity contribution in [3.05, 3.63) is 0 Å². The average molecular weight is 468 g/mol. The number of likely N-dealkylation sites (tertiary alicyclic amines) is 1. The zero-order valence-electron chi connectivity index (χ0n) is 22.8. The summed E-state index contributed by atoms with van der Waals surface area (Å²) in [6.45, 7) is 20.8. The maximum Gasteiger partial charge on any atom is 0.410 e. The van der Waals surface area contributed by atoms with E-state index in [0.29, 0.717) is 12.0 Å². The zero-order chi connectivity index (χ0) is 24.2. The average Bonchev–Trinajstić information content (AvgIpc) is 3.06. The molecule has 1 aliphatic carbocycles. The van der Waals surface area contributed by atoms with Crippen molar-refractivity contribution in [3.8, 4) is 0 Å². The van der Waals surface area contributed by atoms with Crippen LogP contribution in [0.4, 0.5) is 4.79 Å². The number of carbonyl (C=O) groups excluding carboxylic acids is 1. The number of hydrogen-bond acceptors (Lipinski definition) is 3. The second-order valence-corrected chi connectivity index (χ2v) is 17.8. The van der Waals surface area contributed by atoms with E-state index in [1.165, 1.54) is 44.9 Å². The molecule has 5 heteroatoms. The molecule has 0 N–H and O–H groups in total. The fourth-order valence-electron chi connectivity index (χ4n) is 5.56. The molecule has 1 spiro atoms. The highest BCUT2D eigenvalue weighted by Gasteiger charge is 2.51. The summed E-state index contributed by atoms with van der Waals surface area (Å²) in [4.78, 5) is 15.3. The highest BCUT2D eigenvalue weighted by atomic mass is 28.4. The van der Waals surface area contributed by atoms with Gasteiger partial charge in [0.15, 0.2) is 8.32 Å². The van der Waals surface area contributed by atoms with Crippen LogP contribution in [0.1, 0.15) is 119 Å². The summed E-state index contributed by atoms with van der Waals surface area (Å²) in [5.41, 5.74) is -0.430. The Morgan fingerprint density at radius 3 is 2.31 bits per heavy atom. The smallest absolute Gasteiger partial charge is 0.410 e. The van der Waals surface area contributed by atoms with Crippen LogP contribution < -0.4 is 0 Å². The van der Waals surface area contributed by atoms with Gasteiger partial charge in [-0.25, -0.2) is 4.79 Å². The van der Waals surface area contributed by atoms with E-state index in [0.717, 1.165) is 32.2 Å². The van der Waals surface area contributed by atoms with E-state index >= 15 is 0 Å². The molecule has 4 nitrogen and oxygen atoms in total. The molecule has 1 saturated heterocycles. The van der Waals surface area contributed by atoms with E-state index in [9.17, 15) is 4.79 Å². The summed E-state index contributed by atoms with van der Waals surface area (Å²) in [6, 6.07) is 0. The summed E-state index contributed by atoms with van der Waals surface area (Å²) in [7, 11) is -1.79. The Hall–Kier alpha value is -0.553. The molecular weight excluding hydrogens is 414 g/mol. The van der Waals surface area contributed by atoms with Crippen molar-refractivity contribution in [1.29, 1.82) is 0 Å². The third-order valence-electron chi connectivity index (χ3n) is 8.30. The lowest BCUT2D eigenvalue weighted by Crippen LogP contribution is -2.55. The van der Waals surface area contributed by atoms with Crippen LogP contribution in [0.3, 0.4) is 0 Å². The van der Waals surface area contributed by atoms with E-state index in [1.807, 2.05) is 20.8 Å². The van der Waals surface area contributed by atoms with Crippen LogP contribution in [0.2, 0.25) is 18.1 Å². The summed E-state index contributed by atoms with van der Waals surface area (Å²) in [5, 5.41) is 0.239. The van der Waals surface area contributed by atoms with Crippen LogP contribution in [-0.2, 0) is 9.16 Å². The van der Waals surface area contributed by atoms with E-state index in [-0.39, 0.29) is 16.7 Å². The number of unbranched alkanes of at least 4 members (excludes halogenated alkanes) is 1. The molecular formula is C27H53NO3Si. The van der Waals surface area contributed by atoms with Gasteiger partial charge in [-0.2, -0.15) is 0 Å². The van der Waals surface area contributed by atoms with Crippen molar-refractivity contribution in [2.24, 2.45) is 5.92 Å². The molecule has 0 aromatic heterocycles. The van der Waals surface area contributed by atoms with Crippen molar-refractivity contribution >= 4 is 14.4 Å². The SMILES string of the molecule is CCCC[C@H](CCC1CCCCC12CCCN2C(=O)OC(C)(C)C)O[Si](C)(C)C(C)(C)C. The molecule has 2 aliphatic rings. The van der Waals surface area contributed by atoms with Gasteiger partial charge in [-0.3, -0.25) is 0 Å². The molecule has 3 atom stereocenters. The number of ether oxygens (including phenoxy) is 1. The molecule has 32 heavy (non-hydrogen) atoms. The molecule has 2 rings (SSSR count). The number of hydrogen-bond donors (Lipinski definition) is 0. The van der Waals surface area contributed by atoms with Crippen LogP contribution in [0.25, 0.3) is 0 Å². The lowest BCUT2D eigenvalue weighted by Gasteiger charge is -2.48. The first-order valence-corrected chi connectivity index (χ1v) is 16.3. The van der Waals surface area contributed by atoms with Gasteiger partial charge in [0.05, 0.1) is 0 Å². The summed E-state index contributed by atoms with van der Waals surface area (Å²) in [5.74, 6) is 0.568. The van der Waals surface area contributed by atoms with Gasteiger partial charge in [0.2, 0.25) is 0 Å². The predicted octanol–water partition coefficient (Wildman–Crippen LogP) is 8.31. The summed E-state index contributed by atoms with van der Waals surface area (Å²) < 4.78 is 12.8. The summed E-state index contributed by atoms with van der Waals surface area (Å²) in [6.07, 6.45) is 13.3. The van der Waals surface area contributed by atoms with E-state index in [4.69, 9.17) is 9.16 Å². The van der Waals surface area contributed by atoms with Crippen LogP contribution in [0.5, 0.6) is 0 Å². The van der Waals surface area contributed by atoms with E-state index in [2.05, 4.69) is 45.7 Å². The highest BCUT2D eigenvalue weighted by molar-refractivity contribution is 6.74. The largest absolute Gasteiger partial charge is 0.444 e. The maximum absolute atomic E-state index is 13.1. The van der Waals surface area contributed by atoms with Gasteiger partial charge in [0.25, 0.3) is 0 Å². The Balaban J connectivity index is 2.14.